The molecule has 1 aliphatic carbocycles. The Hall–Kier alpha value is -0.530. The van der Waals surface area contributed by atoms with Crippen LogP contribution in [0.4, 0.5) is 0 Å². The fraction of sp³-hybridized carbons (Fsp3) is 0.944. The van der Waals surface area contributed by atoms with E-state index in [1.165, 1.54) is 77.7 Å². The number of carbonyl (C=O) groups is 1. The van der Waals surface area contributed by atoms with E-state index in [1.54, 1.807) is 0 Å². The molecule has 0 bridgehead atoms. The SMILES string of the molecule is CCCCCCC1CC1CCCCCCCC(=O)OC. The molecule has 0 spiro atoms. The smallest absolute Gasteiger partial charge is 0.305 e. The molecule has 20 heavy (non-hydrogen) atoms. The van der Waals surface area contributed by atoms with E-state index < -0.39 is 0 Å². The van der Waals surface area contributed by atoms with Gasteiger partial charge in [0, 0.05) is 6.42 Å². The van der Waals surface area contributed by atoms with Crippen molar-refractivity contribution < 1.29 is 9.53 Å². The number of ether oxygens (including phenoxy) is 1. The summed E-state index contributed by atoms with van der Waals surface area (Å²) >= 11 is 0. The summed E-state index contributed by atoms with van der Waals surface area (Å²) < 4.78 is 4.64. The van der Waals surface area contributed by atoms with Crippen molar-refractivity contribution >= 4 is 5.97 Å². The monoisotopic (exact) mass is 282 g/mol. The molecule has 0 aromatic rings. The van der Waals surface area contributed by atoms with Gasteiger partial charge in [0.15, 0.2) is 0 Å². The van der Waals surface area contributed by atoms with Crippen molar-refractivity contribution in [3.05, 3.63) is 0 Å². The first-order valence-corrected chi connectivity index (χ1v) is 8.84. The third-order valence-electron chi connectivity index (χ3n) is 4.68. The highest BCUT2D eigenvalue weighted by Crippen LogP contribution is 2.45. The Bertz CT molecular complexity index is 250. The van der Waals surface area contributed by atoms with Crippen LogP contribution in [0.15, 0.2) is 0 Å². The zero-order chi connectivity index (χ0) is 14.6. The highest BCUT2D eigenvalue weighted by atomic mass is 16.5. The molecule has 1 aliphatic rings. The Morgan fingerprint density at radius 1 is 0.900 bits per heavy atom. The van der Waals surface area contributed by atoms with Gasteiger partial charge in [0.05, 0.1) is 7.11 Å². The number of unbranched alkanes of at least 4 members (excludes halogenated alkanes) is 7. The molecule has 0 radical (unpaired) electrons. The zero-order valence-electron chi connectivity index (χ0n) is 13.7. The average molecular weight is 282 g/mol. The summed E-state index contributed by atoms with van der Waals surface area (Å²) in [7, 11) is 1.47. The van der Waals surface area contributed by atoms with E-state index in [1.807, 2.05) is 0 Å². The van der Waals surface area contributed by atoms with Crippen molar-refractivity contribution in [3.63, 3.8) is 0 Å². The van der Waals surface area contributed by atoms with E-state index >= 15 is 0 Å². The van der Waals surface area contributed by atoms with Crippen LogP contribution >= 0.6 is 0 Å². The number of methoxy groups -OCH3 is 1. The average Bonchev–Trinajstić information content (AvgIpc) is 3.20. The minimum absolute atomic E-state index is 0.0612. The maximum atomic E-state index is 10.9. The first-order valence-electron chi connectivity index (χ1n) is 8.84. The summed E-state index contributed by atoms with van der Waals surface area (Å²) in [6.45, 7) is 2.28. The lowest BCUT2D eigenvalue weighted by Crippen LogP contribution is -1.99. The van der Waals surface area contributed by atoms with Crippen molar-refractivity contribution in [1.82, 2.24) is 0 Å². The van der Waals surface area contributed by atoms with E-state index in [0.29, 0.717) is 6.42 Å². The molecule has 0 N–H and O–H groups in total. The summed E-state index contributed by atoms with van der Waals surface area (Å²) in [6, 6.07) is 0. The first-order chi connectivity index (χ1) is 9.77. The predicted octanol–water partition coefficient (Wildman–Crippen LogP) is 5.50. The van der Waals surface area contributed by atoms with Crippen molar-refractivity contribution in [3.8, 4) is 0 Å². The highest BCUT2D eigenvalue weighted by Gasteiger charge is 2.34. The van der Waals surface area contributed by atoms with E-state index in [4.69, 9.17) is 0 Å². The third-order valence-corrected chi connectivity index (χ3v) is 4.68. The number of esters is 1. The van der Waals surface area contributed by atoms with Crippen LogP contribution in [-0.2, 0) is 9.53 Å². The van der Waals surface area contributed by atoms with Crippen LogP contribution in [0.1, 0.15) is 90.4 Å². The number of hydrogen-bond acceptors (Lipinski definition) is 2. The number of carbonyl (C=O) groups excluding carboxylic acids is 1. The van der Waals surface area contributed by atoms with Crippen LogP contribution in [0.25, 0.3) is 0 Å². The minimum atomic E-state index is -0.0612. The molecular formula is C18H34O2. The second-order valence-corrected chi connectivity index (χ2v) is 6.49. The lowest BCUT2D eigenvalue weighted by molar-refractivity contribution is -0.140. The molecule has 1 saturated carbocycles. The van der Waals surface area contributed by atoms with Gasteiger partial charge < -0.3 is 4.74 Å². The van der Waals surface area contributed by atoms with Crippen LogP contribution in [0.2, 0.25) is 0 Å². The van der Waals surface area contributed by atoms with Crippen LogP contribution in [0, 0.1) is 11.8 Å². The third kappa shape index (κ3) is 8.60. The Labute approximate surface area is 125 Å². The van der Waals surface area contributed by atoms with Gasteiger partial charge in [-0.3, -0.25) is 4.79 Å². The molecule has 1 rings (SSSR count). The minimum Gasteiger partial charge on any atom is -0.469 e. The van der Waals surface area contributed by atoms with Crippen LogP contribution in [0.5, 0.6) is 0 Å². The normalized spacial score (nSPS) is 20.9. The van der Waals surface area contributed by atoms with Gasteiger partial charge >= 0.3 is 5.97 Å². The first kappa shape index (κ1) is 17.5. The summed E-state index contributed by atoms with van der Waals surface area (Å²) in [5, 5.41) is 0. The van der Waals surface area contributed by atoms with Gasteiger partial charge in [-0.05, 0) is 24.7 Å². The molecule has 0 heterocycles. The zero-order valence-corrected chi connectivity index (χ0v) is 13.7. The number of rotatable bonds is 13. The van der Waals surface area contributed by atoms with Crippen LogP contribution in [0.3, 0.4) is 0 Å². The Balaban J connectivity index is 1.78. The van der Waals surface area contributed by atoms with Crippen LogP contribution in [-0.4, -0.2) is 13.1 Å². The summed E-state index contributed by atoms with van der Waals surface area (Å²) in [5.41, 5.74) is 0. The molecular weight excluding hydrogens is 248 g/mol. The molecule has 118 valence electrons. The van der Waals surface area contributed by atoms with Gasteiger partial charge in [0.1, 0.15) is 0 Å². The molecule has 0 aromatic heterocycles. The molecule has 2 atom stereocenters. The van der Waals surface area contributed by atoms with Gasteiger partial charge in [0.2, 0.25) is 0 Å². The second kappa shape index (κ2) is 11.2. The summed E-state index contributed by atoms with van der Waals surface area (Å²) in [4.78, 5) is 10.9. The fourth-order valence-corrected chi connectivity index (χ4v) is 3.16. The fourth-order valence-electron chi connectivity index (χ4n) is 3.16. The van der Waals surface area contributed by atoms with Crippen molar-refractivity contribution in [2.24, 2.45) is 11.8 Å². The molecule has 0 saturated heterocycles. The van der Waals surface area contributed by atoms with Gasteiger partial charge in [0.25, 0.3) is 0 Å². The molecule has 2 nitrogen and oxygen atoms in total. The summed E-state index contributed by atoms with van der Waals surface area (Å²) in [5.74, 6) is 2.08. The molecule has 2 unspecified atom stereocenters. The van der Waals surface area contributed by atoms with Gasteiger partial charge in [-0.25, -0.2) is 0 Å². The second-order valence-electron chi connectivity index (χ2n) is 6.49. The summed E-state index contributed by atoms with van der Waals surface area (Å²) in [6.07, 6.45) is 16.9. The molecule has 1 fully saturated rings. The standard InChI is InChI=1S/C18H34O2/c1-3-4-5-9-12-16-15-17(16)13-10-7-6-8-11-14-18(19)20-2/h16-17H,3-15H2,1-2H3. The number of hydrogen-bond donors (Lipinski definition) is 0. The van der Waals surface area contributed by atoms with E-state index in [-0.39, 0.29) is 5.97 Å². The van der Waals surface area contributed by atoms with E-state index in [9.17, 15) is 4.79 Å². The predicted molar refractivity (Wildman–Crippen MR) is 84.7 cm³/mol. The lowest BCUT2D eigenvalue weighted by atomic mass is 10.0. The molecule has 0 aromatic carbocycles. The van der Waals surface area contributed by atoms with Crippen LogP contribution < -0.4 is 0 Å². The molecule has 0 amide bonds. The Morgan fingerprint density at radius 3 is 2.05 bits per heavy atom. The topological polar surface area (TPSA) is 26.3 Å². The van der Waals surface area contributed by atoms with Crippen molar-refractivity contribution in [2.45, 2.75) is 90.4 Å². The highest BCUT2D eigenvalue weighted by molar-refractivity contribution is 5.68. The maximum absolute atomic E-state index is 10.9. The lowest BCUT2D eigenvalue weighted by Gasteiger charge is -2.02. The maximum Gasteiger partial charge on any atom is 0.305 e. The Kier molecular flexibility index (Phi) is 9.78. The van der Waals surface area contributed by atoms with Crippen molar-refractivity contribution in [1.29, 1.82) is 0 Å². The Morgan fingerprint density at radius 2 is 1.45 bits per heavy atom. The largest absolute Gasteiger partial charge is 0.469 e. The van der Waals surface area contributed by atoms with Crippen molar-refractivity contribution in [2.75, 3.05) is 7.11 Å². The molecule has 2 heteroatoms. The van der Waals surface area contributed by atoms with Gasteiger partial charge in [-0.15, -0.1) is 0 Å². The van der Waals surface area contributed by atoms with Gasteiger partial charge in [-0.1, -0.05) is 71.1 Å². The quantitative estimate of drug-likeness (QED) is 0.329. The van der Waals surface area contributed by atoms with Gasteiger partial charge in [-0.2, -0.15) is 0 Å². The molecule has 0 aliphatic heterocycles. The van der Waals surface area contributed by atoms with E-state index in [2.05, 4.69) is 11.7 Å². The van der Waals surface area contributed by atoms with E-state index in [0.717, 1.165) is 18.3 Å².